The molecule has 0 saturated carbocycles. The molecule has 1 heterocycles. The molecule has 0 saturated heterocycles. The van der Waals surface area contributed by atoms with E-state index in [2.05, 4.69) is 22.8 Å². The van der Waals surface area contributed by atoms with Gasteiger partial charge in [-0.3, -0.25) is 0 Å². The molecule has 2 aromatic carbocycles. The van der Waals surface area contributed by atoms with Gasteiger partial charge in [0, 0.05) is 24.2 Å². The molecule has 0 fully saturated rings. The van der Waals surface area contributed by atoms with Crippen molar-refractivity contribution in [1.82, 2.24) is 4.57 Å². The van der Waals surface area contributed by atoms with E-state index in [0.717, 1.165) is 10.9 Å². The molecular weight excluding hydrogens is 276 g/mol. The molecule has 1 aromatic heterocycles. The highest BCUT2D eigenvalue weighted by molar-refractivity contribution is 5.89. The van der Waals surface area contributed by atoms with Crippen molar-refractivity contribution < 1.29 is 9.47 Å². The van der Waals surface area contributed by atoms with Crippen molar-refractivity contribution in [2.75, 3.05) is 14.2 Å². The number of rotatable bonds is 4. The average molecular weight is 292 g/mol. The molecule has 4 nitrogen and oxygen atoms in total. The molecule has 3 rings (SSSR count). The van der Waals surface area contributed by atoms with E-state index < -0.39 is 0 Å². The van der Waals surface area contributed by atoms with Gasteiger partial charge in [-0.05, 0) is 11.6 Å². The SMILES string of the molecule is COc1cc2c(C#N)cn(Cc3ccccc3)c2cc1OC. The van der Waals surface area contributed by atoms with Crippen molar-refractivity contribution in [2.24, 2.45) is 0 Å². The van der Waals surface area contributed by atoms with Crippen LogP contribution < -0.4 is 9.47 Å². The second-order valence-electron chi connectivity index (χ2n) is 4.99. The minimum atomic E-state index is 0.629. The predicted octanol–water partition coefficient (Wildman–Crippen LogP) is 3.58. The first-order valence-electron chi connectivity index (χ1n) is 6.95. The lowest BCUT2D eigenvalue weighted by atomic mass is 10.1. The summed E-state index contributed by atoms with van der Waals surface area (Å²) in [5, 5.41) is 10.2. The molecule has 0 bridgehead atoms. The Labute approximate surface area is 129 Å². The number of nitrogens with zero attached hydrogens (tertiary/aromatic N) is 2. The number of aromatic nitrogens is 1. The molecule has 0 aliphatic carbocycles. The predicted molar refractivity (Wildman–Crippen MR) is 85.3 cm³/mol. The topological polar surface area (TPSA) is 47.2 Å². The van der Waals surface area contributed by atoms with Gasteiger partial charge >= 0.3 is 0 Å². The lowest BCUT2D eigenvalue weighted by Crippen LogP contribution is -1.98. The van der Waals surface area contributed by atoms with E-state index in [-0.39, 0.29) is 0 Å². The molecule has 4 heteroatoms. The first-order chi connectivity index (χ1) is 10.8. The van der Waals surface area contributed by atoms with Crippen molar-refractivity contribution in [1.29, 1.82) is 5.26 Å². The smallest absolute Gasteiger partial charge is 0.162 e. The molecule has 0 aliphatic rings. The Bertz CT molecular complexity index is 845. The maximum absolute atomic E-state index is 9.37. The Hall–Kier alpha value is -2.93. The van der Waals surface area contributed by atoms with Gasteiger partial charge in [-0.25, -0.2) is 0 Å². The maximum Gasteiger partial charge on any atom is 0.162 e. The quantitative estimate of drug-likeness (QED) is 0.738. The van der Waals surface area contributed by atoms with Crippen LogP contribution in [-0.2, 0) is 6.54 Å². The summed E-state index contributed by atoms with van der Waals surface area (Å²) < 4.78 is 12.8. The van der Waals surface area contributed by atoms with Crippen LogP contribution >= 0.6 is 0 Å². The monoisotopic (exact) mass is 292 g/mol. The van der Waals surface area contributed by atoms with Gasteiger partial charge in [0.1, 0.15) is 6.07 Å². The van der Waals surface area contributed by atoms with Gasteiger partial charge in [-0.1, -0.05) is 30.3 Å². The molecule has 0 unspecified atom stereocenters. The Kier molecular flexibility index (Phi) is 3.71. The summed E-state index contributed by atoms with van der Waals surface area (Å²) in [6.45, 7) is 0.703. The van der Waals surface area contributed by atoms with Gasteiger partial charge < -0.3 is 14.0 Å². The Morgan fingerprint density at radius 2 is 1.73 bits per heavy atom. The van der Waals surface area contributed by atoms with Crippen LogP contribution in [0.1, 0.15) is 11.1 Å². The average Bonchev–Trinajstić information content (AvgIpc) is 2.91. The van der Waals surface area contributed by atoms with Gasteiger partial charge in [0.2, 0.25) is 0 Å². The van der Waals surface area contributed by atoms with Gasteiger partial charge in [-0.15, -0.1) is 0 Å². The molecule has 0 radical (unpaired) electrons. The van der Waals surface area contributed by atoms with Crippen LogP contribution in [0.15, 0.2) is 48.7 Å². The Morgan fingerprint density at radius 3 is 2.36 bits per heavy atom. The number of ether oxygens (including phenoxy) is 2. The van der Waals surface area contributed by atoms with Crippen molar-refractivity contribution in [3.05, 3.63) is 59.8 Å². The summed E-state index contributed by atoms with van der Waals surface area (Å²) in [6, 6.07) is 16.2. The number of methoxy groups -OCH3 is 2. The van der Waals surface area contributed by atoms with E-state index in [1.54, 1.807) is 14.2 Å². The second-order valence-corrected chi connectivity index (χ2v) is 4.99. The molecule has 0 atom stereocenters. The summed E-state index contributed by atoms with van der Waals surface area (Å²) in [5.74, 6) is 1.29. The van der Waals surface area contributed by atoms with Crippen molar-refractivity contribution in [3.63, 3.8) is 0 Å². The van der Waals surface area contributed by atoms with E-state index in [0.29, 0.717) is 23.6 Å². The van der Waals surface area contributed by atoms with Gasteiger partial charge in [0.25, 0.3) is 0 Å². The molecule has 110 valence electrons. The molecule has 0 N–H and O–H groups in total. The number of hydrogen-bond donors (Lipinski definition) is 0. The molecule has 0 aliphatic heterocycles. The summed E-state index contributed by atoms with van der Waals surface area (Å²) in [7, 11) is 3.20. The van der Waals surface area contributed by atoms with Crippen LogP contribution in [0.2, 0.25) is 0 Å². The van der Waals surface area contributed by atoms with E-state index in [9.17, 15) is 5.26 Å². The molecule has 22 heavy (non-hydrogen) atoms. The zero-order valence-electron chi connectivity index (χ0n) is 12.5. The van der Waals surface area contributed by atoms with E-state index in [1.807, 2.05) is 36.5 Å². The van der Waals surface area contributed by atoms with Crippen LogP contribution in [0.4, 0.5) is 0 Å². The minimum absolute atomic E-state index is 0.629. The first-order valence-corrected chi connectivity index (χ1v) is 6.95. The number of fused-ring (bicyclic) bond motifs is 1. The van der Waals surface area contributed by atoms with Crippen LogP contribution in [-0.4, -0.2) is 18.8 Å². The zero-order chi connectivity index (χ0) is 15.5. The minimum Gasteiger partial charge on any atom is -0.493 e. The van der Waals surface area contributed by atoms with Gasteiger partial charge in [0.05, 0.1) is 25.3 Å². The number of benzene rings is 2. The van der Waals surface area contributed by atoms with E-state index >= 15 is 0 Å². The van der Waals surface area contributed by atoms with Crippen LogP contribution in [0.5, 0.6) is 11.5 Å². The third kappa shape index (κ3) is 2.38. The standard InChI is InChI=1S/C18H16N2O2/c1-21-17-8-15-14(10-19)12-20(16(15)9-18(17)22-2)11-13-6-4-3-5-7-13/h3-9,12H,11H2,1-2H3. The number of nitriles is 1. The fourth-order valence-electron chi connectivity index (χ4n) is 2.62. The van der Waals surface area contributed by atoms with E-state index in [4.69, 9.17) is 9.47 Å². The molecule has 0 spiro atoms. The van der Waals surface area contributed by atoms with Crippen molar-refractivity contribution >= 4 is 10.9 Å². The van der Waals surface area contributed by atoms with Crippen molar-refractivity contribution in [2.45, 2.75) is 6.54 Å². The molecule has 3 aromatic rings. The summed E-state index contributed by atoms with van der Waals surface area (Å²) in [4.78, 5) is 0. The normalized spacial score (nSPS) is 10.4. The van der Waals surface area contributed by atoms with Crippen LogP contribution in [0, 0.1) is 11.3 Å². The fourth-order valence-corrected chi connectivity index (χ4v) is 2.62. The second kappa shape index (κ2) is 5.82. The fraction of sp³-hybridized carbons (Fsp3) is 0.167. The third-order valence-corrected chi connectivity index (χ3v) is 3.70. The highest BCUT2D eigenvalue weighted by Crippen LogP contribution is 2.34. The number of hydrogen-bond acceptors (Lipinski definition) is 3. The van der Waals surface area contributed by atoms with Crippen LogP contribution in [0.3, 0.4) is 0 Å². The Balaban J connectivity index is 2.16. The summed E-state index contributed by atoms with van der Waals surface area (Å²) in [5.41, 5.74) is 2.77. The van der Waals surface area contributed by atoms with Crippen molar-refractivity contribution in [3.8, 4) is 17.6 Å². The summed E-state index contributed by atoms with van der Waals surface area (Å²) >= 11 is 0. The largest absolute Gasteiger partial charge is 0.493 e. The third-order valence-electron chi connectivity index (χ3n) is 3.70. The van der Waals surface area contributed by atoms with Gasteiger partial charge in [0.15, 0.2) is 11.5 Å². The highest BCUT2D eigenvalue weighted by Gasteiger charge is 2.14. The van der Waals surface area contributed by atoms with Gasteiger partial charge in [-0.2, -0.15) is 5.26 Å². The Morgan fingerprint density at radius 1 is 1.05 bits per heavy atom. The molecule has 0 amide bonds. The lowest BCUT2D eigenvalue weighted by Gasteiger charge is -2.10. The first kappa shape index (κ1) is 14.0. The molecular formula is C18H16N2O2. The van der Waals surface area contributed by atoms with E-state index in [1.165, 1.54) is 5.56 Å². The summed E-state index contributed by atoms with van der Waals surface area (Å²) in [6.07, 6.45) is 1.87. The lowest BCUT2D eigenvalue weighted by molar-refractivity contribution is 0.355. The zero-order valence-corrected chi connectivity index (χ0v) is 12.5. The highest BCUT2D eigenvalue weighted by atomic mass is 16.5. The maximum atomic E-state index is 9.37. The van der Waals surface area contributed by atoms with Crippen LogP contribution in [0.25, 0.3) is 10.9 Å².